The molecule has 1 aromatic carbocycles. The van der Waals surface area contributed by atoms with Crippen LogP contribution in [-0.4, -0.2) is 53.8 Å². The summed E-state index contributed by atoms with van der Waals surface area (Å²) in [6, 6.07) is 8.85. The van der Waals surface area contributed by atoms with Crippen LogP contribution in [0.25, 0.3) is 0 Å². The van der Waals surface area contributed by atoms with Gasteiger partial charge in [0, 0.05) is 19.3 Å². The van der Waals surface area contributed by atoms with Crippen molar-refractivity contribution in [1.29, 1.82) is 0 Å². The van der Waals surface area contributed by atoms with Gasteiger partial charge in [0.2, 0.25) is 0 Å². The Balaban J connectivity index is 1.97. The van der Waals surface area contributed by atoms with Crippen LogP contribution in [0.4, 0.5) is 0 Å². The average Bonchev–Trinajstić information content (AvgIpc) is 2.45. The van der Waals surface area contributed by atoms with Crippen LogP contribution < -0.4 is 4.74 Å². The Kier molecular flexibility index (Phi) is 5.27. The van der Waals surface area contributed by atoms with Crippen LogP contribution in [0.3, 0.4) is 0 Å². The minimum Gasteiger partial charge on any atom is -0.445 e. The van der Waals surface area contributed by atoms with Crippen molar-refractivity contribution in [2.24, 2.45) is 0 Å². The summed E-state index contributed by atoms with van der Waals surface area (Å²) in [4.78, 5) is 0. The van der Waals surface area contributed by atoms with Gasteiger partial charge in [-0.2, -0.15) is 0 Å². The molecule has 4 atom stereocenters. The molecule has 1 heterocycles. The first kappa shape index (κ1) is 15.1. The van der Waals surface area contributed by atoms with Gasteiger partial charge in [-0.05, 0) is 12.1 Å². The van der Waals surface area contributed by atoms with Crippen molar-refractivity contribution < 1.29 is 29.2 Å². The molecule has 2 rings (SSSR count). The van der Waals surface area contributed by atoms with E-state index >= 15 is 0 Å². The summed E-state index contributed by atoms with van der Waals surface area (Å²) in [6.07, 6.45) is -4.03. The lowest BCUT2D eigenvalue weighted by Gasteiger charge is -2.36. The van der Waals surface area contributed by atoms with Crippen molar-refractivity contribution in [1.82, 2.24) is 0 Å². The molecule has 1 aliphatic rings. The van der Waals surface area contributed by atoms with E-state index in [1.54, 1.807) is 24.3 Å². The van der Waals surface area contributed by atoms with E-state index in [0.717, 1.165) is 0 Å². The molecule has 110 valence electrons. The van der Waals surface area contributed by atoms with E-state index in [1.807, 2.05) is 6.07 Å². The van der Waals surface area contributed by atoms with Crippen LogP contribution in [0.1, 0.15) is 0 Å². The molecule has 6 nitrogen and oxygen atoms in total. The first-order valence-electron chi connectivity index (χ1n) is 6.06. The van der Waals surface area contributed by atoms with Gasteiger partial charge in [0.1, 0.15) is 18.0 Å². The van der Waals surface area contributed by atoms with Gasteiger partial charge in [-0.3, -0.25) is 0 Å². The van der Waals surface area contributed by atoms with E-state index in [-0.39, 0.29) is 11.8 Å². The van der Waals surface area contributed by atoms with Gasteiger partial charge in [0.15, 0.2) is 12.4 Å². The number of aliphatic hydroxyl groups is 2. The van der Waals surface area contributed by atoms with Crippen molar-refractivity contribution >= 4 is 17.5 Å². The fourth-order valence-electron chi connectivity index (χ4n) is 1.81. The first-order chi connectivity index (χ1) is 9.61. The molecule has 1 saturated heterocycles. The molecule has 1 aromatic rings. The Hall–Kier alpha value is -1.25. The molecule has 0 saturated carbocycles. The molecular weight excluding hydrogens is 284 g/mol. The third-order valence-corrected chi connectivity index (χ3v) is 3.02. The molecule has 1 fully saturated rings. The lowest BCUT2D eigenvalue weighted by Crippen LogP contribution is -2.55. The normalized spacial score (nSPS) is 29.8. The Morgan fingerprint density at radius 3 is 2.65 bits per heavy atom. The monoisotopic (exact) mass is 300 g/mol. The molecule has 0 bridgehead atoms. The standard InChI is InChI=1S/C13H16O6S/c1-16-12-11(10(15)9(14)7-17-12)19-13(20)18-8-5-3-2-4-6-8/h2-6,9-12,14-15H,7H2,1H3/t9-,10+,11-,12+/m1/s1. The van der Waals surface area contributed by atoms with Crippen molar-refractivity contribution in [2.45, 2.75) is 24.6 Å². The molecule has 2 N–H and O–H groups in total. The van der Waals surface area contributed by atoms with E-state index in [4.69, 9.17) is 31.2 Å². The second-order valence-corrected chi connectivity index (χ2v) is 4.58. The van der Waals surface area contributed by atoms with Crippen LogP contribution in [-0.2, 0) is 14.2 Å². The fraction of sp³-hybridized carbons (Fsp3) is 0.462. The van der Waals surface area contributed by atoms with E-state index in [2.05, 4.69) is 0 Å². The Morgan fingerprint density at radius 1 is 1.30 bits per heavy atom. The van der Waals surface area contributed by atoms with Crippen LogP contribution in [0.5, 0.6) is 5.75 Å². The Labute approximate surface area is 121 Å². The number of ether oxygens (including phenoxy) is 4. The maximum Gasteiger partial charge on any atom is 0.358 e. The van der Waals surface area contributed by atoms with Gasteiger partial charge < -0.3 is 29.2 Å². The smallest absolute Gasteiger partial charge is 0.358 e. The van der Waals surface area contributed by atoms with Gasteiger partial charge in [-0.1, -0.05) is 18.2 Å². The van der Waals surface area contributed by atoms with E-state index in [9.17, 15) is 10.2 Å². The third-order valence-electron chi connectivity index (χ3n) is 2.84. The minimum atomic E-state index is -1.17. The minimum absolute atomic E-state index is 0.0359. The fourth-order valence-corrected chi connectivity index (χ4v) is 2.02. The van der Waals surface area contributed by atoms with Crippen molar-refractivity contribution in [3.63, 3.8) is 0 Å². The number of rotatable bonds is 3. The van der Waals surface area contributed by atoms with Crippen molar-refractivity contribution in [3.05, 3.63) is 30.3 Å². The van der Waals surface area contributed by atoms with Crippen LogP contribution in [0.15, 0.2) is 30.3 Å². The molecule has 0 spiro atoms. The summed E-state index contributed by atoms with van der Waals surface area (Å²) in [5.41, 5.74) is 0. The maximum absolute atomic E-state index is 9.90. The van der Waals surface area contributed by atoms with Gasteiger partial charge >= 0.3 is 5.24 Å². The predicted molar refractivity (Wildman–Crippen MR) is 73.3 cm³/mol. The summed E-state index contributed by atoms with van der Waals surface area (Å²) in [7, 11) is 1.41. The largest absolute Gasteiger partial charge is 0.445 e. The third kappa shape index (κ3) is 3.65. The van der Waals surface area contributed by atoms with Crippen LogP contribution in [0.2, 0.25) is 0 Å². The van der Waals surface area contributed by atoms with Gasteiger partial charge in [-0.25, -0.2) is 0 Å². The van der Waals surface area contributed by atoms with Crippen molar-refractivity contribution in [3.8, 4) is 5.75 Å². The summed E-state index contributed by atoms with van der Waals surface area (Å²) in [5, 5.41) is 19.3. The highest BCUT2D eigenvalue weighted by Gasteiger charge is 2.41. The highest BCUT2D eigenvalue weighted by molar-refractivity contribution is 7.79. The van der Waals surface area contributed by atoms with Gasteiger partial charge in [0.25, 0.3) is 0 Å². The van der Waals surface area contributed by atoms with Crippen LogP contribution in [0, 0.1) is 0 Å². The molecule has 0 unspecified atom stereocenters. The predicted octanol–water partition coefficient (Wildman–Crippen LogP) is 0.460. The first-order valence-corrected chi connectivity index (χ1v) is 6.46. The summed E-state index contributed by atoms with van der Waals surface area (Å²) < 4.78 is 20.9. The summed E-state index contributed by atoms with van der Waals surface area (Å²) in [5.74, 6) is 0.512. The number of benzene rings is 1. The quantitative estimate of drug-likeness (QED) is 0.785. The zero-order valence-electron chi connectivity index (χ0n) is 10.8. The lowest BCUT2D eigenvalue weighted by molar-refractivity contribution is -0.259. The van der Waals surface area contributed by atoms with Gasteiger partial charge in [0.05, 0.1) is 6.61 Å². The number of aliphatic hydroxyl groups excluding tert-OH is 2. The van der Waals surface area contributed by atoms with Gasteiger partial charge in [-0.15, -0.1) is 0 Å². The van der Waals surface area contributed by atoms with E-state index in [1.165, 1.54) is 7.11 Å². The van der Waals surface area contributed by atoms with E-state index < -0.39 is 24.6 Å². The number of para-hydroxylation sites is 1. The molecule has 20 heavy (non-hydrogen) atoms. The number of thiocarbonyl (C=S) groups is 1. The molecular formula is C13H16O6S. The number of hydrogen-bond donors (Lipinski definition) is 2. The zero-order chi connectivity index (χ0) is 14.5. The SMILES string of the molecule is CO[C@H]1OC[C@@H](O)[C@H](O)[C@H]1OC(=S)Oc1ccccc1. The summed E-state index contributed by atoms with van der Waals surface area (Å²) >= 11 is 4.96. The van der Waals surface area contributed by atoms with Crippen LogP contribution >= 0.6 is 12.2 Å². The lowest BCUT2D eigenvalue weighted by atomic mass is 10.1. The molecule has 0 aliphatic carbocycles. The highest BCUT2D eigenvalue weighted by Crippen LogP contribution is 2.20. The zero-order valence-corrected chi connectivity index (χ0v) is 11.7. The van der Waals surface area contributed by atoms with E-state index in [0.29, 0.717) is 5.75 Å². The second-order valence-electron chi connectivity index (χ2n) is 4.24. The average molecular weight is 300 g/mol. The van der Waals surface area contributed by atoms with Crippen molar-refractivity contribution in [2.75, 3.05) is 13.7 Å². The highest BCUT2D eigenvalue weighted by atomic mass is 32.1. The number of methoxy groups -OCH3 is 1. The second kappa shape index (κ2) is 6.96. The Morgan fingerprint density at radius 2 is 2.00 bits per heavy atom. The molecule has 7 heteroatoms. The topological polar surface area (TPSA) is 77.4 Å². The Bertz CT molecular complexity index is 438. The molecule has 0 amide bonds. The number of hydrogen-bond acceptors (Lipinski definition) is 7. The molecule has 0 radical (unpaired) electrons. The summed E-state index contributed by atoms with van der Waals surface area (Å²) in [6.45, 7) is -0.0359. The molecule has 1 aliphatic heterocycles. The maximum atomic E-state index is 9.90. The molecule has 0 aromatic heterocycles.